The van der Waals surface area contributed by atoms with Gasteiger partial charge >= 0.3 is 6.03 Å². The van der Waals surface area contributed by atoms with Crippen LogP contribution in [0.25, 0.3) is 11.1 Å². The van der Waals surface area contributed by atoms with E-state index in [9.17, 15) is 37.3 Å². The molecule has 2 atom stereocenters. The molecule has 2 N–H and O–H groups in total. The zero-order valence-corrected chi connectivity index (χ0v) is 24.7. The number of benzene rings is 3. The van der Waals surface area contributed by atoms with Gasteiger partial charge in [-0.25, -0.2) is 27.8 Å². The fourth-order valence-electron chi connectivity index (χ4n) is 4.83. The summed E-state index contributed by atoms with van der Waals surface area (Å²) in [5.41, 5.74) is 1.80. The van der Waals surface area contributed by atoms with Gasteiger partial charge in [0.15, 0.2) is 0 Å². The standard InChI is InChI=1S/C30H23ClFN5O7S/c31-23-11-10-22(17-25(23)37(41)42)45(43,44)35-28(38)26(15-18-4-2-1-3-5-18)36-29(39)24(34-30(36)40)14-19-6-8-20(9-7-19)21-12-13-33-27(32)16-21/h1-13,16-17,24,26H,14-15H2,(H,34,40)(H,35,38)/t24-,26-/m0/s1. The summed E-state index contributed by atoms with van der Waals surface area (Å²) in [5, 5.41) is 13.5. The number of nitro groups is 1. The number of carbonyl (C=O) groups is 3. The van der Waals surface area contributed by atoms with Crippen molar-refractivity contribution in [3.8, 4) is 11.1 Å². The van der Waals surface area contributed by atoms with Crippen molar-refractivity contribution >= 4 is 45.2 Å². The number of pyridine rings is 1. The van der Waals surface area contributed by atoms with Gasteiger partial charge in [-0.3, -0.25) is 19.7 Å². The number of rotatable bonds is 10. The third-order valence-corrected chi connectivity index (χ3v) is 8.72. The molecule has 0 radical (unpaired) electrons. The molecule has 45 heavy (non-hydrogen) atoms. The van der Waals surface area contributed by atoms with Gasteiger partial charge in [-0.15, -0.1) is 0 Å². The lowest BCUT2D eigenvalue weighted by atomic mass is 10.0. The molecule has 4 amide bonds. The van der Waals surface area contributed by atoms with E-state index < -0.39 is 61.4 Å². The van der Waals surface area contributed by atoms with Crippen LogP contribution in [0.1, 0.15) is 11.1 Å². The van der Waals surface area contributed by atoms with Gasteiger partial charge in [-0.1, -0.05) is 66.2 Å². The molecule has 0 aliphatic carbocycles. The van der Waals surface area contributed by atoms with Gasteiger partial charge < -0.3 is 5.32 Å². The predicted octanol–water partition coefficient (Wildman–Crippen LogP) is 4.03. The van der Waals surface area contributed by atoms with Gasteiger partial charge in [0, 0.05) is 31.2 Å². The quantitative estimate of drug-likeness (QED) is 0.112. The normalized spacial score (nSPS) is 15.4. The molecule has 12 nitrogen and oxygen atoms in total. The van der Waals surface area contributed by atoms with E-state index in [-0.39, 0.29) is 17.9 Å². The fourth-order valence-corrected chi connectivity index (χ4v) is 6.05. The number of aromatic nitrogens is 1. The Morgan fingerprint density at radius 2 is 1.73 bits per heavy atom. The average Bonchev–Trinajstić information content (AvgIpc) is 3.28. The van der Waals surface area contributed by atoms with E-state index in [4.69, 9.17) is 11.6 Å². The summed E-state index contributed by atoms with van der Waals surface area (Å²) in [7, 11) is -4.69. The minimum atomic E-state index is -4.69. The SMILES string of the molecule is O=C(NS(=O)(=O)c1ccc(Cl)c([N+](=O)[O-])c1)[C@H](Cc1ccccc1)N1C(=O)N[C@@H](Cc2ccc(-c3ccnc(F)c3)cc2)C1=O. The molecule has 15 heteroatoms. The van der Waals surface area contributed by atoms with E-state index in [1.54, 1.807) is 60.7 Å². The summed E-state index contributed by atoms with van der Waals surface area (Å²) in [6.07, 6.45) is 1.18. The maximum atomic E-state index is 13.5. The maximum absolute atomic E-state index is 13.5. The minimum absolute atomic E-state index is 0.0540. The minimum Gasteiger partial charge on any atom is -0.325 e. The van der Waals surface area contributed by atoms with Crippen molar-refractivity contribution in [2.24, 2.45) is 0 Å². The number of hydrogen-bond acceptors (Lipinski definition) is 8. The van der Waals surface area contributed by atoms with Crippen LogP contribution in [0.2, 0.25) is 5.02 Å². The Morgan fingerprint density at radius 3 is 2.40 bits per heavy atom. The van der Waals surface area contributed by atoms with Gasteiger partial charge in [0.05, 0.1) is 9.82 Å². The fraction of sp³-hybridized carbons (Fsp3) is 0.133. The summed E-state index contributed by atoms with van der Waals surface area (Å²) < 4.78 is 41.6. The number of amides is 4. The summed E-state index contributed by atoms with van der Waals surface area (Å²) in [6.45, 7) is 0. The summed E-state index contributed by atoms with van der Waals surface area (Å²) in [6, 6.07) is 17.3. The second-order valence-electron chi connectivity index (χ2n) is 10.0. The average molecular weight is 652 g/mol. The van der Waals surface area contributed by atoms with Crippen LogP contribution in [0, 0.1) is 16.1 Å². The monoisotopic (exact) mass is 651 g/mol. The van der Waals surface area contributed by atoms with Crippen molar-refractivity contribution in [2.75, 3.05) is 0 Å². The lowest BCUT2D eigenvalue weighted by Gasteiger charge is -2.24. The lowest BCUT2D eigenvalue weighted by molar-refractivity contribution is -0.384. The highest BCUT2D eigenvalue weighted by atomic mass is 35.5. The largest absolute Gasteiger partial charge is 0.325 e. The zero-order valence-electron chi connectivity index (χ0n) is 23.1. The highest BCUT2D eigenvalue weighted by Crippen LogP contribution is 2.28. The van der Waals surface area contributed by atoms with Gasteiger partial charge in [-0.2, -0.15) is 4.39 Å². The molecule has 2 heterocycles. The van der Waals surface area contributed by atoms with Crippen LogP contribution in [0.5, 0.6) is 0 Å². The molecule has 0 saturated carbocycles. The maximum Gasteiger partial charge on any atom is 0.325 e. The second-order valence-corrected chi connectivity index (χ2v) is 12.1. The van der Waals surface area contributed by atoms with Gasteiger partial charge in [0.25, 0.3) is 27.5 Å². The number of halogens is 2. The molecule has 230 valence electrons. The molecule has 1 aliphatic heterocycles. The predicted molar refractivity (Wildman–Crippen MR) is 160 cm³/mol. The molecule has 0 bridgehead atoms. The molecule has 3 aromatic carbocycles. The lowest BCUT2D eigenvalue weighted by Crippen LogP contribution is -2.52. The van der Waals surface area contributed by atoms with E-state index in [0.29, 0.717) is 33.2 Å². The van der Waals surface area contributed by atoms with Gasteiger partial charge in [-0.05, 0) is 40.5 Å². The van der Waals surface area contributed by atoms with Crippen LogP contribution in [0.3, 0.4) is 0 Å². The third kappa shape index (κ3) is 6.97. The number of nitro benzene ring substituents is 1. The molecule has 1 fully saturated rings. The zero-order chi connectivity index (χ0) is 32.3. The van der Waals surface area contributed by atoms with Gasteiger partial charge in [0.2, 0.25) is 5.95 Å². The van der Waals surface area contributed by atoms with Crippen molar-refractivity contribution in [1.29, 1.82) is 0 Å². The Morgan fingerprint density at radius 1 is 1.02 bits per heavy atom. The molecule has 5 rings (SSSR count). The smallest absolute Gasteiger partial charge is 0.325 e. The summed E-state index contributed by atoms with van der Waals surface area (Å²) >= 11 is 5.79. The van der Waals surface area contributed by atoms with Crippen LogP contribution in [-0.2, 0) is 32.5 Å². The molecule has 1 saturated heterocycles. The Labute approximate surface area is 261 Å². The van der Waals surface area contributed by atoms with Crippen molar-refractivity contribution in [2.45, 2.75) is 29.8 Å². The van der Waals surface area contributed by atoms with Crippen LogP contribution < -0.4 is 10.0 Å². The van der Waals surface area contributed by atoms with Crippen molar-refractivity contribution in [3.63, 3.8) is 0 Å². The van der Waals surface area contributed by atoms with Crippen molar-refractivity contribution in [1.82, 2.24) is 19.9 Å². The van der Waals surface area contributed by atoms with E-state index in [2.05, 4.69) is 10.3 Å². The first-order valence-electron chi connectivity index (χ1n) is 13.3. The van der Waals surface area contributed by atoms with E-state index in [0.717, 1.165) is 12.1 Å². The summed E-state index contributed by atoms with van der Waals surface area (Å²) in [4.78, 5) is 54.2. The molecule has 1 aliphatic rings. The topological polar surface area (TPSA) is 169 Å². The number of hydrogen-bond donors (Lipinski definition) is 2. The first-order chi connectivity index (χ1) is 21.4. The van der Waals surface area contributed by atoms with Crippen LogP contribution in [-0.4, -0.2) is 53.2 Å². The number of imide groups is 1. The second kappa shape index (κ2) is 12.8. The Kier molecular flexibility index (Phi) is 8.88. The Hall–Kier alpha value is -5.21. The van der Waals surface area contributed by atoms with E-state index in [1.807, 2.05) is 4.72 Å². The van der Waals surface area contributed by atoms with E-state index in [1.165, 1.54) is 12.3 Å². The first kappa shape index (κ1) is 31.2. The molecule has 0 spiro atoms. The molecule has 0 unspecified atom stereocenters. The van der Waals surface area contributed by atoms with Crippen molar-refractivity contribution < 1.29 is 32.1 Å². The number of carbonyl (C=O) groups excluding carboxylic acids is 3. The van der Waals surface area contributed by atoms with E-state index >= 15 is 0 Å². The third-order valence-electron chi connectivity index (χ3n) is 7.05. The number of nitrogens with one attached hydrogen (secondary N) is 2. The molecule has 4 aromatic rings. The summed E-state index contributed by atoms with van der Waals surface area (Å²) in [5.74, 6) is -2.59. The Bertz CT molecular complexity index is 1910. The van der Waals surface area contributed by atoms with Crippen LogP contribution >= 0.6 is 11.6 Å². The van der Waals surface area contributed by atoms with Gasteiger partial charge in [0.1, 0.15) is 17.1 Å². The number of sulfonamides is 1. The molecule has 1 aromatic heterocycles. The highest BCUT2D eigenvalue weighted by molar-refractivity contribution is 7.90. The highest BCUT2D eigenvalue weighted by Gasteiger charge is 2.45. The Balaban J connectivity index is 1.38. The molecular formula is C30H23ClFN5O7S. The molecular weight excluding hydrogens is 629 g/mol. The number of urea groups is 1. The first-order valence-corrected chi connectivity index (χ1v) is 15.2. The van der Waals surface area contributed by atoms with Crippen molar-refractivity contribution in [3.05, 3.63) is 123 Å². The number of nitrogens with zero attached hydrogens (tertiary/aromatic N) is 3. The van der Waals surface area contributed by atoms with Crippen LogP contribution in [0.15, 0.2) is 96.0 Å². The van der Waals surface area contributed by atoms with Crippen LogP contribution in [0.4, 0.5) is 14.9 Å².